The highest BCUT2D eigenvalue weighted by Crippen LogP contribution is 2.33. The van der Waals surface area contributed by atoms with Gasteiger partial charge in [-0.05, 0) is 19.3 Å². The first-order chi connectivity index (χ1) is 10.0. The SMILES string of the molecule is CCCS(=O)(=O)N1CCN(C2(C#N)CCCCCC2)CC1. The summed E-state index contributed by atoms with van der Waals surface area (Å²) in [5.74, 6) is 0.233. The van der Waals surface area contributed by atoms with E-state index in [1.54, 1.807) is 4.31 Å². The van der Waals surface area contributed by atoms with Crippen molar-refractivity contribution in [3.8, 4) is 6.07 Å². The summed E-state index contributed by atoms with van der Waals surface area (Å²) in [7, 11) is -3.10. The first-order valence-electron chi connectivity index (χ1n) is 8.18. The Kier molecular flexibility index (Phi) is 5.64. The predicted octanol–water partition coefficient (Wildman–Crippen LogP) is 1.96. The summed E-state index contributed by atoms with van der Waals surface area (Å²) in [6, 6.07) is 2.56. The van der Waals surface area contributed by atoms with Gasteiger partial charge in [0.25, 0.3) is 0 Å². The zero-order valence-corrected chi connectivity index (χ0v) is 13.9. The van der Waals surface area contributed by atoms with Gasteiger partial charge in [-0.25, -0.2) is 8.42 Å². The largest absolute Gasteiger partial charge is 0.283 e. The Labute approximate surface area is 129 Å². The first-order valence-corrected chi connectivity index (χ1v) is 9.79. The van der Waals surface area contributed by atoms with Crippen molar-refractivity contribution in [2.75, 3.05) is 31.9 Å². The van der Waals surface area contributed by atoms with Crippen molar-refractivity contribution in [1.29, 1.82) is 5.26 Å². The van der Waals surface area contributed by atoms with Crippen LogP contribution in [0.4, 0.5) is 0 Å². The van der Waals surface area contributed by atoms with Crippen LogP contribution in [-0.4, -0.2) is 55.1 Å². The summed E-state index contributed by atoms with van der Waals surface area (Å²) < 4.78 is 25.8. The fraction of sp³-hybridized carbons (Fsp3) is 0.933. The van der Waals surface area contributed by atoms with E-state index in [1.165, 1.54) is 12.8 Å². The topological polar surface area (TPSA) is 64.4 Å². The highest BCUT2D eigenvalue weighted by molar-refractivity contribution is 7.89. The summed E-state index contributed by atoms with van der Waals surface area (Å²) >= 11 is 0. The molecule has 1 saturated heterocycles. The maximum absolute atomic E-state index is 12.1. The van der Waals surface area contributed by atoms with Crippen LogP contribution in [0.2, 0.25) is 0 Å². The van der Waals surface area contributed by atoms with E-state index < -0.39 is 10.0 Å². The molecule has 0 aromatic carbocycles. The lowest BCUT2D eigenvalue weighted by Crippen LogP contribution is -2.57. The van der Waals surface area contributed by atoms with E-state index in [2.05, 4.69) is 11.0 Å². The van der Waals surface area contributed by atoms with Gasteiger partial charge in [-0.2, -0.15) is 9.57 Å². The second kappa shape index (κ2) is 7.08. The lowest BCUT2D eigenvalue weighted by molar-refractivity contribution is 0.0805. The molecule has 0 aromatic heterocycles. The molecule has 1 aliphatic heterocycles. The number of piperazine rings is 1. The third-order valence-corrected chi connectivity index (χ3v) is 6.91. The third-order valence-electron chi connectivity index (χ3n) is 4.84. The van der Waals surface area contributed by atoms with Crippen molar-refractivity contribution in [3.63, 3.8) is 0 Å². The fourth-order valence-corrected chi connectivity index (χ4v) is 5.09. The molecule has 0 unspecified atom stereocenters. The Morgan fingerprint density at radius 1 is 1.05 bits per heavy atom. The number of hydrogen-bond donors (Lipinski definition) is 0. The summed E-state index contributed by atoms with van der Waals surface area (Å²) in [6.45, 7) is 4.34. The first kappa shape index (κ1) is 16.7. The van der Waals surface area contributed by atoms with Crippen molar-refractivity contribution in [1.82, 2.24) is 9.21 Å². The normalized spacial score (nSPS) is 25.1. The van der Waals surface area contributed by atoms with Crippen LogP contribution in [0.15, 0.2) is 0 Å². The van der Waals surface area contributed by atoms with Crippen molar-refractivity contribution < 1.29 is 8.42 Å². The van der Waals surface area contributed by atoms with Gasteiger partial charge in [0, 0.05) is 26.2 Å². The number of sulfonamides is 1. The average Bonchev–Trinajstić information content (AvgIpc) is 2.74. The Balaban J connectivity index is 2.01. The van der Waals surface area contributed by atoms with Crippen molar-refractivity contribution in [2.24, 2.45) is 0 Å². The number of nitrogens with zero attached hydrogens (tertiary/aromatic N) is 3. The van der Waals surface area contributed by atoms with Crippen molar-refractivity contribution >= 4 is 10.0 Å². The molecule has 2 aliphatic rings. The molecule has 0 aromatic rings. The van der Waals surface area contributed by atoms with Gasteiger partial charge < -0.3 is 0 Å². The Morgan fingerprint density at radius 2 is 1.62 bits per heavy atom. The van der Waals surface area contributed by atoms with E-state index >= 15 is 0 Å². The third kappa shape index (κ3) is 3.77. The van der Waals surface area contributed by atoms with E-state index in [1.807, 2.05) is 6.92 Å². The second-order valence-corrected chi connectivity index (χ2v) is 8.35. The molecule has 0 spiro atoms. The van der Waals surface area contributed by atoms with Crippen molar-refractivity contribution in [2.45, 2.75) is 57.4 Å². The maximum atomic E-state index is 12.1. The van der Waals surface area contributed by atoms with Crippen LogP contribution in [-0.2, 0) is 10.0 Å². The minimum atomic E-state index is -3.10. The zero-order chi connectivity index (χ0) is 15.3. The highest BCUT2D eigenvalue weighted by atomic mass is 32.2. The van der Waals surface area contributed by atoms with Gasteiger partial charge in [-0.3, -0.25) is 4.90 Å². The molecule has 1 saturated carbocycles. The van der Waals surface area contributed by atoms with Crippen LogP contribution in [0.5, 0.6) is 0 Å². The van der Waals surface area contributed by atoms with E-state index in [0.29, 0.717) is 32.6 Å². The van der Waals surface area contributed by atoms with Crippen molar-refractivity contribution in [3.05, 3.63) is 0 Å². The zero-order valence-electron chi connectivity index (χ0n) is 13.1. The summed E-state index contributed by atoms with van der Waals surface area (Å²) in [5, 5.41) is 9.71. The molecule has 2 fully saturated rings. The number of nitriles is 1. The molecule has 0 N–H and O–H groups in total. The molecule has 0 bridgehead atoms. The van der Waals surface area contributed by atoms with Crippen LogP contribution in [0.25, 0.3) is 0 Å². The monoisotopic (exact) mass is 313 g/mol. The quantitative estimate of drug-likeness (QED) is 0.744. The van der Waals surface area contributed by atoms with E-state index in [9.17, 15) is 13.7 Å². The fourth-order valence-electron chi connectivity index (χ4n) is 3.59. The smallest absolute Gasteiger partial charge is 0.214 e. The number of rotatable bonds is 4. The average molecular weight is 313 g/mol. The summed E-state index contributed by atoms with van der Waals surface area (Å²) in [4.78, 5) is 2.25. The van der Waals surface area contributed by atoms with Gasteiger partial charge in [0.2, 0.25) is 10.0 Å². The Bertz CT molecular complexity index is 468. The van der Waals surface area contributed by atoms with Crippen LogP contribution < -0.4 is 0 Å². The maximum Gasteiger partial charge on any atom is 0.214 e. The van der Waals surface area contributed by atoms with Crippen LogP contribution in [0, 0.1) is 11.3 Å². The molecule has 5 nitrogen and oxygen atoms in total. The lowest BCUT2D eigenvalue weighted by atomic mass is 9.89. The molecule has 2 rings (SSSR count). The van der Waals surface area contributed by atoms with Crippen LogP contribution in [0.1, 0.15) is 51.9 Å². The summed E-state index contributed by atoms with van der Waals surface area (Å²) in [6.07, 6.45) is 7.19. The number of hydrogen-bond acceptors (Lipinski definition) is 4. The molecular formula is C15H27N3O2S. The lowest BCUT2D eigenvalue weighted by Gasteiger charge is -2.43. The van der Waals surface area contributed by atoms with E-state index in [0.717, 1.165) is 25.7 Å². The van der Waals surface area contributed by atoms with Crippen LogP contribution >= 0.6 is 0 Å². The standard InChI is InChI=1S/C15H27N3O2S/c1-2-13-21(19,20)18-11-9-17(10-12-18)15(14-16)7-5-3-4-6-8-15/h2-13H2,1H3. The Hall–Kier alpha value is -0.640. The second-order valence-electron chi connectivity index (χ2n) is 6.26. The van der Waals surface area contributed by atoms with Gasteiger partial charge in [0.1, 0.15) is 5.54 Å². The minimum absolute atomic E-state index is 0.233. The van der Waals surface area contributed by atoms with E-state index in [-0.39, 0.29) is 11.3 Å². The van der Waals surface area contributed by atoms with E-state index in [4.69, 9.17) is 0 Å². The molecule has 1 aliphatic carbocycles. The minimum Gasteiger partial charge on any atom is -0.283 e. The molecular weight excluding hydrogens is 286 g/mol. The highest BCUT2D eigenvalue weighted by Gasteiger charge is 2.40. The predicted molar refractivity (Wildman–Crippen MR) is 83.3 cm³/mol. The van der Waals surface area contributed by atoms with Crippen LogP contribution in [0.3, 0.4) is 0 Å². The van der Waals surface area contributed by atoms with Gasteiger partial charge >= 0.3 is 0 Å². The molecule has 120 valence electrons. The molecule has 0 radical (unpaired) electrons. The van der Waals surface area contributed by atoms with Gasteiger partial charge in [-0.1, -0.05) is 32.6 Å². The van der Waals surface area contributed by atoms with Gasteiger partial charge in [0.15, 0.2) is 0 Å². The summed E-state index contributed by atoms with van der Waals surface area (Å²) in [5.41, 5.74) is -0.350. The van der Waals surface area contributed by atoms with Gasteiger partial charge in [-0.15, -0.1) is 0 Å². The molecule has 0 amide bonds. The molecule has 1 heterocycles. The molecule has 6 heteroatoms. The molecule has 0 atom stereocenters. The Morgan fingerprint density at radius 3 is 2.10 bits per heavy atom. The molecule has 21 heavy (non-hydrogen) atoms. The van der Waals surface area contributed by atoms with Gasteiger partial charge in [0.05, 0.1) is 11.8 Å².